The molecule has 53 heavy (non-hydrogen) atoms. The number of benzene rings is 6. The summed E-state index contributed by atoms with van der Waals surface area (Å²) in [4.78, 5) is 10.8. The topological polar surface area (TPSA) is 30.7 Å². The van der Waals surface area contributed by atoms with Gasteiger partial charge in [0.2, 0.25) is 5.95 Å². The fraction of sp³-hybridized carbons (Fsp3) is 0.0800. The van der Waals surface area contributed by atoms with Gasteiger partial charge in [0.15, 0.2) is 0 Å². The number of nitrogens with zero attached hydrogens (tertiary/aromatic N) is 3. The van der Waals surface area contributed by atoms with Crippen LogP contribution in [0.5, 0.6) is 0 Å². The molecule has 0 unspecified atom stereocenters. The molecule has 9 rings (SSSR count). The molecule has 0 fully saturated rings. The Morgan fingerprint density at radius 1 is 0.547 bits per heavy atom. The molecule has 1 aliphatic rings. The lowest BCUT2D eigenvalue weighted by molar-refractivity contribution is 0.654. The maximum Gasteiger partial charge on any atom is 0.235 e. The van der Waals surface area contributed by atoms with Gasteiger partial charge in [-0.25, -0.2) is 9.97 Å². The molecule has 2 heterocycles. The molecule has 0 N–H and O–H groups in total. The van der Waals surface area contributed by atoms with E-state index in [0.717, 1.165) is 44.7 Å². The first-order chi connectivity index (χ1) is 25.9. The van der Waals surface area contributed by atoms with Crippen LogP contribution in [0.1, 0.15) is 31.9 Å². The summed E-state index contributed by atoms with van der Waals surface area (Å²) in [6.45, 7) is 10.9. The number of allylic oxidation sites excluding steroid dienone is 5. The van der Waals surface area contributed by atoms with Crippen LogP contribution in [0, 0.1) is 0 Å². The Balaban J connectivity index is 1.31. The number of aromatic nitrogens is 3. The number of rotatable bonds is 7. The standard InChI is InChI=1S/C50H39N3/c1-5-17-43-39(6-2)41-30-42-40-26-13-14-27-47(40)53(48(42)31-44(41)50(43,3)4)49-51-45(37-24-15-22-35(28-37)33-18-9-7-10-19-33)32-46(52-49)38-25-16-23-36(29-38)34-20-11-8-12-21-34/h5-32H,2H2,1,3-4H3/b17-5-. The smallest absolute Gasteiger partial charge is 0.235 e. The van der Waals surface area contributed by atoms with Crippen molar-refractivity contribution in [1.29, 1.82) is 0 Å². The molecular formula is C50H39N3. The summed E-state index contributed by atoms with van der Waals surface area (Å²) in [5.74, 6) is 0.639. The molecule has 0 amide bonds. The average molecular weight is 682 g/mol. The lowest BCUT2D eigenvalue weighted by atomic mass is 9.80. The highest BCUT2D eigenvalue weighted by molar-refractivity contribution is 6.11. The zero-order valence-electron chi connectivity index (χ0n) is 30.2. The fourth-order valence-electron chi connectivity index (χ4n) is 8.09. The predicted molar refractivity (Wildman–Crippen MR) is 223 cm³/mol. The van der Waals surface area contributed by atoms with Crippen molar-refractivity contribution in [2.45, 2.75) is 26.2 Å². The van der Waals surface area contributed by atoms with Gasteiger partial charge in [-0.3, -0.25) is 4.57 Å². The summed E-state index contributed by atoms with van der Waals surface area (Å²) in [5.41, 5.74) is 15.4. The molecular weight excluding hydrogens is 643 g/mol. The molecule has 0 radical (unpaired) electrons. The van der Waals surface area contributed by atoms with Crippen LogP contribution in [0.4, 0.5) is 0 Å². The molecule has 6 aromatic carbocycles. The highest BCUT2D eigenvalue weighted by Crippen LogP contribution is 2.49. The molecule has 0 bridgehead atoms. The Morgan fingerprint density at radius 3 is 1.68 bits per heavy atom. The van der Waals surface area contributed by atoms with Crippen LogP contribution in [0.25, 0.3) is 78.1 Å². The zero-order valence-corrected chi connectivity index (χ0v) is 30.2. The first kappa shape index (κ1) is 32.3. The van der Waals surface area contributed by atoms with Gasteiger partial charge >= 0.3 is 0 Å². The summed E-state index contributed by atoms with van der Waals surface area (Å²) in [6.07, 6.45) is 6.38. The van der Waals surface area contributed by atoms with E-state index in [9.17, 15) is 0 Å². The van der Waals surface area contributed by atoms with Crippen LogP contribution in [0.2, 0.25) is 0 Å². The van der Waals surface area contributed by atoms with E-state index in [-0.39, 0.29) is 5.41 Å². The van der Waals surface area contributed by atoms with Crippen LogP contribution >= 0.6 is 0 Å². The Kier molecular flexibility index (Phi) is 7.86. The number of hydrogen-bond acceptors (Lipinski definition) is 2. The van der Waals surface area contributed by atoms with Gasteiger partial charge in [-0.15, -0.1) is 0 Å². The average Bonchev–Trinajstić information content (AvgIpc) is 3.65. The first-order valence-corrected chi connectivity index (χ1v) is 18.2. The Bertz CT molecular complexity index is 2660. The van der Waals surface area contributed by atoms with Crippen molar-refractivity contribution in [1.82, 2.24) is 14.5 Å². The molecule has 8 aromatic rings. The van der Waals surface area contributed by atoms with Gasteiger partial charge in [-0.05, 0) is 87.8 Å². The second-order valence-corrected chi connectivity index (χ2v) is 14.3. The quantitative estimate of drug-likeness (QED) is 0.168. The second kappa shape index (κ2) is 12.9. The van der Waals surface area contributed by atoms with Gasteiger partial charge in [-0.1, -0.05) is 154 Å². The maximum absolute atomic E-state index is 5.41. The van der Waals surface area contributed by atoms with E-state index >= 15 is 0 Å². The minimum atomic E-state index is -0.204. The van der Waals surface area contributed by atoms with Crippen LogP contribution < -0.4 is 0 Å². The molecule has 0 saturated carbocycles. The lowest BCUT2D eigenvalue weighted by Gasteiger charge is -2.23. The molecule has 3 nitrogen and oxygen atoms in total. The monoisotopic (exact) mass is 681 g/mol. The van der Waals surface area contributed by atoms with Crippen LogP contribution in [0.3, 0.4) is 0 Å². The van der Waals surface area contributed by atoms with Crippen molar-refractivity contribution in [3.05, 3.63) is 193 Å². The van der Waals surface area contributed by atoms with Crippen molar-refractivity contribution in [2.24, 2.45) is 0 Å². The van der Waals surface area contributed by atoms with Gasteiger partial charge in [0, 0.05) is 27.3 Å². The highest BCUT2D eigenvalue weighted by Gasteiger charge is 2.36. The van der Waals surface area contributed by atoms with Gasteiger partial charge < -0.3 is 0 Å². The molecule has 0 atom stereocenters. The van der Waals surface area contributed by atoms with Gasteiger partial charge in [0.1, 0.15) is 0 Å². The molecule has 3 heteroatoms. The highest BCUT2D eigenvalue weighted by atomic mass is 15.2. The molecule has 0 saturated heterocycles. The lowest BCUT2D eigenvalue weighted by Crippen LogP contribution is -2.16. The maximum atomic E-state index is 5.41. The van der Waals surface area contributed by atoms with E-state index in [0.29, 0.717) is 5.95 Å². The van der Waals surface area contributed by atoms with Crippen LogP contribution in [-0.4, -0.2) is 14.5 Å². The third-order valence-electron chi connectivity index (χ3n) is 10.7. The third kappa shape index (κ3) is 5.44. The normalized spacial score (nSPS) is 13.6. The predicted octanol–water partition coefficient (Wildman–Crippen LogP) is 13.0. The van der Waals surface area contributed by atoms with Gasteiger partial charge in [-0.2, -0.15) is 0 Å². The summed E-state index contributed by atoms with van der Waals surface area (Å²) < 4.78 is 2.26. The van der Waals surface area contributed by atoms with E-state index in [4.69, 9.17) is 9.97 Å². The summed E-state index contributed by atoms with van der Waals surface area (Å²) in [7, 11) is 0. The van der Waals surface area contributed by atoms with Crippen molar-refractivity contribution in [2.75, 3.05) is 0 Å². The molecule has 0 spiro atoms. The third-order valence-corrected chi connectivity index (χ3v) is 10.7. The van der Waals surface area contributed by atoms with E-state index in [1.807, 2.05) is 6.08 Å². The number of para-hydroxylation sites is 1. The molecule has 0 aliphatic heterocycles. The minimum absolute atomic E-state index is 0.204. The summed E-state index contributed by atoms with van der Waals surface area (Å²) >= 11 is 0. The van der Waals surface area contributed by atoms with E-state index in [2.05, 4.69) is 196 Å². The zero-order chi connectivity index (χ0) is 36.1. The fourth-order valence-corrected chi connectivity index (χ4v) is 8.09. The van der Waals surface area contributed by atoms with Crippen molar-refractivity contribution >= 4 is 27.4 Å². The summed E-state index contributed by atoms with van der Waals surface area (Å²) in [5, 5.41) is 2.34. The van der Waals surface area contributed by atoms with E-state index in [1.54, 1.807) is 0 Å². The number of hydrogen-bond donors (Lipinski definition) is 0. The Morgan fingerprint density at radius 2 is 1.09 bits per heavy atom. The second-order valence-electron chi connectivity index (χ2n) is 14.3. The van der Waals surface area contributed by atoms with Crippen molar-refractivity contribution in [3.63, 3.8) is 0 Å². The van der Waals surface area contributed by atoms with Crippen LogP contribution in [-0.2, 0) is 5.41 Å². The van der Waals surface area contributed by atoms with Gasteiger partial charge in [0.05, 0.1) is 22.4 Å². The molecule has 1 aliphatic carbocycles. The Labute approximate surface area is 311 Å². The van der Waals surface area contributed by atoms with Gasteiger partial charge in [0.25, 0.3) is 0 Å². The Hall–Kier alpha value is -6.58. The molecule has 2 aromatic heterocycles. The first-order valence-electron chi connectivity index (χ1n) is 18.2. The van der Waals surface area contributed by atoms with Crippen molar-refractivity contribution in [3.8, 4) is 50.7 Å². The van der Waals surface area contributed by atoms with Crippen molar-refractivity contribution < 1.29 is 0 Å². The largest absolute Gasteiger partial charge is 0.278 e. The molecule has 254 valence electrons. The minimum Gasteiger partial charge on any atom is -0.278 e. The number of fused-ring (bicyclic) bond motifs is 4. The SMILES string of the molecule is C=CC1=C(/C=C\C)C(C)(C)c2cc3c(cc21)c1ccccc1n3-c1nc(-c2cccc(-c3ccccc3)c2)cc(-c2cccc(-c3ccccc3)c2)n1. The summed E-state index contributed by atoms with van der Waals surface area (Å²) in [6, 6.07) is 53.8. The van der Waals surface area contributed by atoms with E-state index < -0.39 is 0 Å². The van der Waals surface area contributed by atoms with E-state index in [1.165, 1.54) is 44.2 Å². The van der Waals surface area contributed by atoms with Crippen LogP contribution in [0.15, 0.2) is 182 Å².